The summed E-state index contributed by atoms with van der Waals surface area (Å²) in [7, 11) is 0. The zero-order chi connectivity index (χ0) is 13.0. The van der Waals surface area contributed by atoms with E-state index < -0.39 is 37.3 Å². The van der Waals surface area contributed by atoms with Crippen molar-refractivity contribution < 1.29 is 30.0 Å². The van der Waals surface area contributed by atoms with Crippen LogP contribution in [0.5, 0.6) is 0 Å². The van der Waals surface area contributed by atoms with Gasteiger partial charge in [-0.1, -0.05) is 6.92 Å². The van der Waals surface area contributed by atoms with Gasteiger partial charge >= 0.3 is 0 Å². The fraction of sp³-hybridized carbons (Fsp3) is 0.900. The topological polar surface area (TPSA) is 119 Å². The van der Waals surface area contributed by atoms with Gasteiger partial charge in [-0.15, -0.1) is 0 Å². The van der Waals surface area contributed by atoms with Gasteiger partial charge in [-0.25, -0.2) is 0 Å². The number of rotatable bonds is 4. The Balaban J connectivity index is 2.62. The number of hydrogen-bond acceptors (Lipinski definition) is 6. The van der Waals surface area contributed by atoms with Crippen molar-refractivity contribution in [1.82, 2.24) is 5.32 Å². The largest absolute Gasteiger partial charge is 0.394 e. The van der Waals surface area contributed by atoms with Gasteiger partial charge < -0.3 is 30.5 Å². The highest BCUT2D eigenvalue weighted by atomic mass is 16.6. The monoisotopic (exact) mass is 249 g/mol. The van der Waals surface area contributed by atoms with Crippen LogP contribution in [0, 0.1) is 0 Å². The van der Waals surface area contributed by atoms with Crippen molar-refractivity contribution in [1.29, 1.82) is 0 Å². The molecular weight excluding hydrogens is 230 g/mol. The molecular formula is C10H19NO6. The summed E-state index contributed by atoms with van der Waals surface area (Å²) in [6, 6.07) is 0. The maximum absolute atomic E-state index is 11.3. The Labute approximate surface area is 99.0 Å². The predicted molar refractivity (Wildman–Crippen MR) is 56.8 cm³/mol. The van der Waals surface area contributed by atoms with Gasteiger partial charge in [0.05, 0.1) is 6.61 Å². The Morgan fingerprint density at radius 2 is 1.88 bits per heavy atom. The maximum atomic E-state index is 11.3. The van der Waals surface area contributed by atoms with E-state index in [-0.39, 0.29) is 12.3 Å². The van der Waals surface area contributed by atoms with Gasteiger partial charge in [-0.2, -0.15) is 0 Å². The van der Waals surface area contributed by atoms with E-state index in [1.54, 1.807) is 0 Å². The quantitative estimate of drug-likeness (QED) is 0.382. The molecule has 1 fully saturated rings. The van der Waals surface area contributed by atoms with Crippen LogP contribution in [0.3, 0.4) is 0 Å². The molecule has 5 atom stereocenters. The fourth-order valence-corrected chi connectivity index (χ4v) is 1.68. The van der Waals surface area contributed by atoms with E-state index in [2.05, 4.69) is 5.32 Å². The summed E-state index contributed by atoms with van der Waals surface area (Å²) in [4.78, 5) is 11.3. The van der Waals surface area contributed by atoms with Crippen molar-refractivity contribution in [2.45, 2.75) is 50.4 Å². The minimum atomic E-state index is -1.46. The molecule has 1 heterocycles. The van der Waals surface area contributed by atoms with Crippen LogP contribution in [0.2, 0.25) is 0 Å². The molecule has 0 aromatic heterocycles. The summed E-state index contributed by atoms with van der Waals surface area (Å²) in [5, 5.41) is 39.9. The summed E-state index contributed by atoms with van der Waals surface area (Å²) in [6.07, 6.45) is -5.50. The van der Waals surface area contributed by atoms with Crippen molar-refractivity contribution in [3.05, 3.63) is 0 Å². The van der Waals surface area contributed by atoms with E-state index >= 15 is 0 Å². The first-order valence-corrected chi connectivity index (χ1v) is 5.61. The van der Waals surface area contributed by atoms with Crippen LogP contribution in [0.4, 0.5) is 0 Å². The second kappa shape index (κ2) is 6.27. The number of nitrogens with one attached hydrogen (secondary N) is 1. The number of ether oxygens (including phenoxy) is 1. The highest BCUT2D eigenvalue weighted by molar-refractivity contribution is 5.76. The molecule has 0 aliphatic carbocycles. The smallest absolute Gasteiger partial charge is 0.222 e. The van der Waals surface area contributed by atoms with E-state index in [1.165, 1.54) is 0 Å². The van der Waals surface area contributed by atoms with E-state index in [1.807, 2.05) is 6.92 Å². The Hall–Kier alpha value is -0.730. The highest BCUT2D eigenvalue weighted by Crippen LogP contribution is 2.19. The average molecular weight is 249 g/mol. The molecule has 5 N–H and O–H groups in total. The summed E-state index contributed by atoms with van der Waals surface area (Å²) < 4.78 is 5.11. The van der Waals surface area contributed by atoms with Gasteiger partial charge in [0.1, 0.15) is 24.4 Å². The first-order valence-electron chi connectivity index (χ1n) is 5.61. The van der Waals surface area contributed by atoms with Crippen LogP contribution in [-0.4, -0.2) is 63.6 Å². The molecule has 1 rings (SSSR count). The molecule has 1 amide bonds. The summed E-state index contributed by atoms with van der Waals surface area (Å²) in [5.74, 6) is -0.322. The zero-order valence-corrected chi connectivity index (χ0v) is 9.61. The third-order valence-corrected chi connectivity index (χ3v) is 2.67. The Morgan fingerprint density at radius 1 is 1.24 bits per heavy atom. The van der Waals surface area contributed by atoms with E-state index in [4.69, 9.17) is 9.84 Å². The maximum Gasteiger partial charge on any atom is 0.222 e. The molecule has 0 radical (unpaired) electrons. The van der Waals surface area contributed by atoms with Gasteiger partial charge in [0.2, 0.25) is 5.91 Å². The number of amides is 1. The van der Waals surface area contributed by atoms with Crippen LogP contribution in [0.15, 0.2) is 0 Å². The molecule has 17 heavy (non-hydrogen) atoms. The third-order valence-electron chi connectivity index (χ3n) is 2.67. The number of carbonyl (C=O) groups excluding carboxylic acids is 1. The van der Waals surface area contributed by atoms with Crippen LogP contribution >= 0.6 is 0 Å². The van der Waals surface area contributed by atoms with Crippen LogP contribution < -0.4 is 5.32 Å². The van der Waals surface area contributed by atoms with Crippen LogP contribution in [0.1, 0.15) is 19.8 Å². The van der Waals surface area contributed by atoms with Gasteiger partial charge in [0, 0.05) is 6.42 Å². The zero-order valence-electron chi connectivity index (χ0n) is 9.61. The van der Waals surface area contributed by atoms with E-state index in [0.717, 1.165) is 0 Å². The van der Waals surface area contributed by atoms with E-state index in [0.29, 0.717) is 6.42 Å². The fourth-order valence-electron chi connectivity index (χ4n) is 1.68. The molecule has 0 bridgehead atoms. The van der Waals surface area contributed by atoms with Crippen molar-refractivity contribution >= 4 is 5.91 Å². The summed E-state index contributed by atoms with van der Waals surface area (Å²) >= 11 is 0. The number of aliphatic hydroxyl groups excluding tert-OH is 4. The van der Waals surface area contributed by atoms with Crippen molar-refractivity contribution in [3.63, 3.8) is 0 Å². The molecule has 0 spiro atoms. The first-order chi connectivity index (χ1) is 8.01. The molecule has 0 aromatic carbocycles. The van der Waals surface area contributed by atoms with Crippen molar-refractivity contribution in [2.24, 2.45) is 0 Å². The van der Waals surface area contributed by atoms with Crippen molar-refractivity contribution in [2.75, 3.05) is 6.61 Å². The SMILES string of the molecule is CCCC(=O)NC1OC(CO)C(O)C(O)C1O. The predicted octanol–water partition coefficient (Wildman–Crippen LogP) is -2.30. The third kappa shape index (κ3) is 3.36. The summed E-state index contributed by atoms with van der Waals surface area (Å²) in [6.45, 7) is 1.32. The lowest BCUT2D eigenvalue weighted by atomic mass is 9.98. The van der Waals surface area contributed by atoms with Crippen LogP contribution in [-0.2, 0) is 9.53 Å². The Kier molecular flexibility index (Phi) is 5.29. The van der Waals surface area contributed by atoms with E-state index in [9.17, 15) is 20.1 Å². The Bertz CT molecular complexity index is 259. The molecule has 7 heteroatoms. The van der Waals surface area contributed by atoms with Gasteiger partial charge in [-0.3, -0.25) is 4.79 Å². The first kappa shape index (κ1) is 14.3. The minimum Gasteiger partial charge on any atom is -0.394 e. The molecule has 0 aromatic rings. The Morgan fingerprint density at radius 3 is 2.41 bits per heavy atom. The number of hydrogen-bond donors (Lipinski definition) is 5. The lowest BCUT2D eigenvalue weighted by molar-refractivity contribution is -0.235. The lowest BCUT2D eigenvalue weighted by Gasteiger charge is -2.40. The van der Waals surface area contributed by atoms with Gasteiger partial charge in [0.25, 0.3) is 0 Å². The van der Waals surface area contributed by atoms with Crippen LogP contribution in [0.25, 0.3) is 0 Å². The molecule has 1 saturated heterocycles. The second-order valence-corrected chi connectivity index (χ2v) is 4.07. The van der Waals surface area contributed by atoms with Gasteiger partial charge in [0.15, 0.2) is 6.23 Å². The molecule has 100 valence electrons. The highest BCUT2D eigenvalue weighted by Gasteiger charge is 2.43. The minimum absolute atomic E-state index is 0.273. The van der Waals surface area contributed by atoms with Crippen molar-refractivity contribution in [3.8, 4) is 0 Å². The number of carbonyl (C=O) groups is 1. The molecule has 1 aliphatic rings. The molecule has 5 unspecified atom stereocenters. The average Bonchev–Trinajstić information content (AvgIpc) is 2.30. The van der Waals surface area contributed by atoms with Gasteiger partial charge in [-0.05, 0) is 6.42 Å². The molecule has 1 aliphatic heterocycles. The standard InChI is InChI=1S/C10H19NO6/c1-2-3-6(13)11-10-9(16)8(15)7(14)5(4-12)17-10/h5,7-10,12,14-16H,2-4H2,1H3,(H,11,13). The molecule has 7 nitrogen and oxygen atoms in total. The second-order valence-electron chi connectivity index (χ2n) is 4.07. The lowest BCUT2D eigenvalue weighted by Crippen LogP contribution is -2.63. The molecule has 0 saturated carbocycles. The summed E-state index contributed by atoms with van der Waals surface area (Å²) in [5.41, 5.74) is 0. The number of aliphatic hydroxyl groups is 4. The normalized spacial score (nSPS) is 37.8.